The lowest BCUT2D eigenvalue weighted by Gasteiger charge is -2.13. The molecule has 0 unspecified atom stereocenters. The molecule has 0 saturated carbocycles. The summed E-state index contributed by atoms with van der Waals surface area (Å²) in [7, 11) is -1.21. The molecule has 0 aliphatic carbocycles. The van der Waals surface area contributed by atoms with Gasteiger partial charge in [-0.2, -0.15) is 0 Å². The summed E-state index contributed by atoms with van der Waals surface area (Å²) < 4.78 is 40.4. The highest BCUT2D eigenvalue weighted by Gasteiger charge is 2.24. The highest BCUT2D eigenvalue weighted by molar-refractivity contribution is 7.89. The number of ether oxygens (including phenoxy) is 2. The van der Waals surface area contributed by atoms with Crippen molar-refractivity contribution in [3.63, 3.8) is 0 Å². The molecule has 1 saturated heterocycles. The van der Waals surface area contributed by atoms with Crippen molar-refractivity contribution in [2.75, 3.05) is 13.2 Å². The molecule has 12 heteroatoms. The van der Waals surface area contributed by atoms with Gasteiger partial charge in [0.25, 0.3) is 5.56 Å². The van der Waals surface area contributed by atoms with Gasteiger partial charge < -0.3 is 9.47 Å². The molecule has 1 N–H and O–H groups in total. The summed E-state index contributed by atoms with van der Waals surface area (Å²) in [5.41, 5.74) is -0.945. The van der Waals surface area contributed by atoms with E-state index < -0.39 is 27.2 Å². The van der Waals surface area contributed by atoms with Gasteiger partial charge in [-0.3, -0.25) is 13.9 Å². The highest BCUT2D eigenvalue weighted by Crippen LogP contribution is 2.23. The van der Waals surface area contributed by atoms with E-state index >= 15 is 0 Å². The molecule has 1 fully saturated rings. The fourth-order valence-corrected chi connectivity index (χ4v) is 4.65. The fourth-order valence-electron chi connectivity index (χ4n) is 3.06. The number of hydrogen-bond acceptors (Lipinski definition) is 7. The molecule has 1 aliphatic rings. The summed E-state index contributed by atoms with van der Waals surface area (Å²) in [5, 5.41) is -0.0506. The molecule has 1 aliphatic heterocycles. The van der Waals surface area contributed by atoms with E-state index in [-0.39, 0.29) is 40.4 Å². The lowest BCUT2D eigenvalue weighted by Crippen LogP contribution is -2.38. The van der Waals surface area contributed by atoms with Gasteiger partial charge in [0.1, 0.15) is 11.5 Å². The van der Waals surface area contributed by atoms with Crippen LogP contribution in [0.4, 0.5) is 0 Å². The Bertz CT molecular complexity index is 1210. The van der Waals surface area contributed by atoms with Crippen LogP contribution in [0.2, 0.25) is 5.02 Å². The molecule has 1 aromatic carbocycles. The Morgan fingerprint density at radius 1 is 1.26 bits per heavy atom. The number of hydrogen-bond donors (Lipinski definition) is 1. The maximum absolute atomic E-state index is 12.6. The minimum Gasteiger partial charge on any atom is -0.456 e. The van der Waals surface area contributed by atoms with Crippen LogP contribution < -0.4 is 16.0 Å². The Hall–Kier alpha value is -2.47. The van der Waals surface area contributed by atoms with Gasteiger partial charge in [0.15, 0.2) is 0 Å². The Morgan fingerprint density at radius 3 is 2.68 bits per heavy atom. The summed E-state index contributed by atoms with van der Waals surface area (Å²) in [6.07, 6.45) is 1.42. The SMILES string of the molecule is Cn1c(COC(=O)c2ccc(Cl)c(S(=O)(=O)NC[C@@H]3CCCO3)c2)cc(=O)n(C)c1=O. The zero-order valence-electron chi connectivity index (χ0n) is 17.0. The first kappa shape index (κ1) is 23.2. The maximum atomic E-state index is 12.6. The van der Waals surface area contributed by atoms with E-state index in [0.29, 0.717) is 6.61 Å². The quantitative estimate of drug-likeness (QED) is 0.584. The van der Waals surface area contributed by atoms with E-state index in [1.54, 1.807) is 0 Å². The lowest BCUT2D eigenvalue weighted by molar-refractivity contribution is 0.0462. The van der Waals surface area contributed by atoms with Crippen molar-refractivity contribution in [1.29, 1.82) is 0 Å². The standard InChI is InChI=1S/C19H22ClN3O7S/c1-22-13(9-17(24)23(2)19(22)26)11-30-18(25)12-5-6-15(20)16(8-12)31(27,28)21-10-14-4-3-7-29-14/h5-6,8-9,14,21H,3-4,7,10-11H2,1-2H3/t14-/m0/s1. The second kappa shape index (κ2) is 9.35. The fraction of sp³-hybridized carbons (Fsp3) is 0.421. The van der Waals surface area contributed by atoms with Gasteiger partial charge in [-0.05, 0) is 31.0 Å². The number of nitrogens with zero attached hydrogens (tertiary/aromatic N) is 2. The first-order valence-electron chi connectivity index (χ1n) is 9.44. The number of rotatable bonds is 7. The number of nitrogens with one attached hydrogen (secondary N) is 1. The van der Waals surface area contributed by atoms with Crippen LogP contribution in [0.25, 0.3) is 0 Å². The van der Waals surface area contributed by atoms with Gasteiger partial charge in [-0.25, -0.2) is 22.7 Å². The third kappa shape index (κ3) is 5.24. The number of benzene rings is 1. The van der Waals surface area contributed by atoms with Crippen LogP contribution in [0.15, 0.2) is 38.8 Å². The Morgan fingerprint density at radius 2 is 2.00 bits per heavy atom. The van der Waals surface area contributed by atoms with E-state index in [1.165, 1.54) is 36.9 Å². The minimum absolute atomic E-state index is 0.0456. The van der Waals surface area contributed by atoms with Gasteiger partial charge in [0.05, 0.1) is 22.4 Å². The first-order chi connectivity index (χ1) is 14.6. The molecule has 0 radical (unpaired) electrons. The average molecular weight is 472 g/mol. The number of aromatic nitrogens is 2. The topological polar surface area (TPSA) is 126 Å². The van der Waals surface area contributed by atoms with Crippen molar-refractivity contribution in [1.82, 2.24) is 13.9 Å². The zero-order valence-corrected chi connectivity index (χ0v) is 18.5. The normalized spacial score (nSPS) is 16.4. The van der Waals surface area contributed by atoms with E-state index in [1.807, 2.05) is 0 Å². The number of carbonyl (C=O) groups is 1. The van der Waals surface area contributed by atoms with E-state index in [9.17, 15) is 22.8 Å². The summed E-state index contributed by atoms with van der Waals surface area (Å²) in [6.45, 7) is 0.348. The molecule has 31 heavy (non-hydrogen) atoms. The number of carbonyl (C=O) groups excluding carboxylic acids is 1. The maximum Gasteiger partial charge on any atom is 0.338 e. The molecule has 0 bridgehead atoms. The van der Waals surface area contributed by atoms with Crippen molar-refractivity contribution in [2.24, 2.45) is 14.1 Å². The van der Waals surface area contributed by atoms with E-state index in [0.717, 1.165) is 23.5 Å². The smallest absolute Gasteiger partial charge is 0.338 e. The molecule has 2 aromatic rings. The third-order valence-electron chi connectivity index (χ3n) is 4.96. The van der Waals surface area contributed by atoms with Crippen LogP contribution >= 0.6 is 11.6 Å². The van der Waals surface area contributed by atoms with Gasteiger partial charge in [0, 0.05) is 33.3 Å². The number of sulfonamides is 1. The van der Waals surface area contributed by atoms with Crippen LogP contribution in [0.1, 0.15) is 28.9 Å². The predicted octanol–water partition coefficient (Wildman–Crippen LogP) is 0.552. The minimum atomic E-state index is -3.98. The average Bonchev–Trinajstić information content (AvgIpc) is 3.26. The molecule has 10 nitrogen and oxygen atoms in total. The van der Waals surface area contributed by atoms with Crippen molar-refractivity contribution >= 4 is 27.6 Å². The van der Waals surface area contributed by atoms with Crippen LogP contribution in [-0.2, 0) is 40.2 Å². The zero-order chi connectivity index (χ0) is 22.8. The number of esters is 1. The first-order valence-corrected chi connectivity index (χ1v) is 11.3. The van der Waals surface area contributed by atoms with Gasteiger partial charge >= 0.3 is 11.7 Å². The molecular formula is C19H22ClN3O7S. The summed E-state index contributed by atoms with van der Waals surface area (Å²) in [4.78, 5) is 35.9. The van der Waals surface area contributed by atoms with Gasteiger partial charge in [0.2, 0.25) is 10.0 Å². The van der Waals surface area contributed by atoms with Crippen molar-refractivity contribution in [2.45, 2.75) is 30.4 Å². The molecular weight excluding hydrogens is 450 g/mol. The Labute approximate surface area is 183 Å². The molecule has 2 heterocycles. The van der Waals surface area contributed by atoms with Crippen LogP contribution in [0.5, 0.6) is 0 Å². The van der Waals surface area contributed by atoms with E-state index in [2.05, 4.69) is 4.72 Å². The Kier molecular flexibility index (Phi) is 6.99. The third-order valence-corrected chi connectivity index (χ3v) is 6.86. The van der Waals surface area contributed by atoms with Crippen LogP contribution in [0.3, 0.4) is 0 Å². The molecule has 0 amide bonds. The second-order valence-corrected chi connectivity index (χ2v) is 9.23. The van der Waals surface area contributed by atoms with Gasteiger partial charge in [-0.15, -0.1) is 0 Å². The molecule has 168 valence electrons. The predicted molar refractivity (Wildman–Crippen MR) is 112 cm³/mol. The molecule has 3 rings (SSSR count). The monoisotopic (exact) mass is 471 g/mol. The Balaban J connectivity index is 1.75. The summed E-state index contributed by atoms with van der Waals surface area (Å²) in [6, 6.07) is 4.91. The second-order valence-electron chi connectivity index (χ2n) is 7.08. The highest BCUT2D eigenvalue weighted by atomic mass is 35.5. The van der Waals surface area contributed by atoms with Crippen molar-refractivity contribution < 1.29 is 22.7 Å². The number of halogens is 1. The van der Waals surface area contributed by atoms with Crippen LogP contribution in [0, 0.1) is 0 Å². The van der Waals surface area contributed by atoms with Crippen molar-refractivity contribution in [3.8, 4) is 0 Å². The van der Waals surface area contributed by atoms with Crippen LogP contribution in [-0.4, -0.2) is 42.8 Å². The largest absolute Gasteiger partial charge is 0.456 e. The van der Waals surface area contributed by atoms with Gasteiger partial charge in [-0.1, -0.05) is 11.6 Å². The molecule has 1 aromatic heterocycles. The summed E-state index contributed by atoms with van der Waals surface area (Å²) >= 11 is 6.05. The molecule has 1 atom stereocenters. The van der Waals surface area contributed by atoms with E-state index in [4.69, 9.17) is 21.1 Å². The molecule has 0 spiro atoms. The lowest BCUT2D eigenvalue weighted by atomic mass is 10.2. The summed E-state index contributed by atoms with van der Waals surface area (Å²) in [5.74, 6) is -0.833. The van der Waals surface area contributed by atoms with Crippen molar-refractivity contribution in [3.05, 3.63) is 61.4 Å².